The van der Waals surface area contributed by atoms with Gasteiger partial charge >= 0.3 is 0 Å². The summed E-state index contributed by atoms with van der Waals surface area (Å²) in [7, 11) is 0. The average molecular weight is 177 g/mol. The van der Waals surface area contributed by atoms with E-state index in [1.807, 2.05) is 12.3 Å². The van der Waals surface area contributed by atoms with E-state index in [2.05, 4.69) is 5.32 Å². The summed E-state index contributed by atoms with van der Waals surface area (Å²) >= 11 is 0. The molecule has 1 N–H and O–H groups in total. The first-order valence-electron chi connectivity index (χ1n) is 4.37. The summed E-state index contributed by atoms with van der Waals surface area (Å²) in [6.45, 7) is 0. The van der Waals surface area contributed by atoms with E-state index < -0.39 is 0 Å². The first-order chi connectivity index (χ1) is 6.38. The van der Waals surface area contributed by atoms with Crippen LogP contribution in [0.3, 0.4) is 0 Å². The van der Waals surface area contributed by atoms with Gasteiger partial charge in [0, 0.05) is 0 Å². The van der Waals surface area contributed by atoms with E-state index >= 15 is 0 Å². The molecule has 0 saturated heterocycles. The Morgan fingerprint density at radius 3 is 3.15 bits per heavy atom. The molecule has 3 heteroatoms. The van der Waals surface area contributed by atoms with Crippen LogP contribution in [0, 0.1) is 0 Å². The van der Waals surface area contributed by atoms with Crippen LogP contribution in [0.4, 0.5) is 0 Å². The van der Waals surface area contributed by atoms with Crippen molar-refractivity contribution in [2.45, 2.75) is 18.9 Å². The van der Waals surface area contributed by atoms with Gasteiger partial charge in [-0.3, -0.25) is 4.79 Å². The lowest BCUT2D eigenvalue weighted by atomic mass is 10.0. The minimum absolute atomic E-state index is 0.0364. The zero-order valence-corrected chi connectivity index (χ0v) is 7.19. The van der Waals surface area contributed by atoms with Crippen molar-refractivity contribution in [2.75, 3.05) is 0 Å². The highest BCUT2D eigenvalue weighted by Crippen LogP contribution is 2.11. The summed E-state index contributed by atoms with van der Waals surface area (Å²) in [5, 5.41) is 3.02. The molecule has 68 valence electrons. The van der Waals surface area contributed by atoms with Crippen molar-refractivity contribution in [2.24, 2.45) is 0 Å². The maximum Gasteiger partial charge on any atom is 0.220 e. The van der Waals surface area contributed by atoms with Crippen LogP contribution in [0.15, 0.2) is 35.1 Å². The number of rotatable bonds is 2. The van der Waals surface area contributed by atoms with Gasteiger partial charge in [0.25, 0.3) is 0 Å². The van der Waals surface area contributed by atoms with Gasteiger partial charge in [-0.15, -0.1) is 0 Å². The molecule has 1 aromatic rings. The Labute approximate surface area is 76.4 Å². The summed E-state index contributed by atoms with van der Waals surface area (Å²) < 4.78 is 5.03. The van der Waals surface area contributed by atoms with Crippen LogP contribution in [0.5, 0.6) is 0 Å². The fraction of sp³-hybridized carbons (Fsp3) is 0.300. The number of carbonyl (C=O) groups is 1. The summed E-state index contributed by atoms with van der Waals surface area (Å²) in [6.07, 6.45) is 7.16. The molecule has 2 rings (SSSR count). The van der Waals surface area contributed by atoms with E-state index in [1.165, 1.54) is 6.26 Å². The van der Waals surface area contributed by atoms with Gasteiger partial charge in [-0.1, -0.05) is 6.08 Å². The van der Waals surface area contributed by atoms with Crippen LogP contribution in [-0.4, -0.2) is 11.8 Å². The quantitative estimate of drug-likeness (QED) is 0.699. The zero-order chi connectivity index (χ0) is 9.10. The predicted octanol–water partition coefficient (Wildman–Crippen LogP) is 1.73. The number of allylic oxidation sites excluding steroid dienone is 1. The fourth-order valence-electron chi connectivity index (χ4n) is 1.41. The molecule has 1 aliphatic rings. The van der Waals surface area contributed by atoms with Crippen LogP contribution >= 0.6 is 0 Å². The number of hydrogen-bond donors (Lipinski definition) is 1. The Morgan fingerprint density at radius 2 is 2.54 bits per heavy atom. The Kier molecular flexibility index (Phi) is 2.17. The van der Waals surface area contributed by atoms with Crippen LogP contribution in [0.1, 0.15) is 23.4 Å². The average Bonchev–Trinajstić information content (AvgIpc) is 2.71. The highest BCUT2D eigenvalue weighted by molar-refractivity contribution is 5.97. The zero-order valence-electron chi connectivity index (χ0n) is 7.19. The Bertz CT molecular complexity index is 314. The first-order valence-corrected chi connectivity index (χ1v) is 4.37. The Morgan fingerprint density at radius 1 is 1.62 bits per heavy atom. The monoisotopic (exact) mass is 177 g/mol. The summed E-state index contributed by atoms with van der Waals surface area (Å²) in [5.74, 6) is 0.474. The molecule has 0 aromatic carbocycles. The smallest absolute Gasteiger partial charge is 0.220 e. The van der Waals surface area contributed by atoms with Crippen LogP contribution in [-0.2, 0) is 0 Å². The second kappa shape index (κ2) is 3.47. The summed E-state index contributed by atoms with van der Waals surface area (Å²) in [4.78, 5) is 11.7. The first kappa shape index (κ1) is 8.10. The Hall–Kier alpha value is -1.51. The van der Waals surface area contributed by atoms with Crippen LogP contribution in [0.2, 0.25) is 0 Å². The van der Waals surface area contributed by atoms with Gasteiger partial charge in [-0.25, -0.2) is 0 Å². The molecule has 1 aliphatic heterocycles. The van der Waals surface area contributed by atoms with Crippen LogP contribution in [0.25, 0.3) is 0 Å². The lowest BCUT2D eigenvalue weighted by molar-refractivity contribution is 0.0915. The summed E-state index contributed by atoms with van der Waals surface area (Å²) in [6, 6.07) is 3.31. The molecule has 0 amide bonds. The predicted molar refractivity (Wildman–Crippen MR) is 48.3 cm³/mol. The number of nitrogens with one attached hydrogen (secondary N) is 1. The highest BCUT2D eigenvalue weighted by atomic mass is 16.3. The van der Waals surface area contributed by atoms with Crippen molar-refractivity contribution in [1.29, 1.82) is 0 Å². The maximum absolute atomic E-state index is 11.7. The minimum atomic E-state index is -0.115. The van der Waals surface area contributed by atoms with Crippen molar-refractivity contribution in [3.8, 4) is 0 Å². The minimum Gasteiger partial charge on any atom is -0.461 e. The van der Waals surface area contributed by atoms with Crippen molar-refractivity contribution in [1.82, 2.24) is 5.32 Å². The highest BCUT2D eigenvalue weighted by Gasteiger charge is 2.21. The molecule has 1 unspecified atom stereocenters. The molecule has 0 bridgehead atoms. The third-order valence-corrected chi connectivity index (χ3v) is 2.12. The number of carbonyl (C=O) groups excluding carboxylic acids is 1. The number of hydrogen-bond acceptors (Lipinski definition) is 3. The van der Waals surface area contributed by atoms with Gasteiger partial charge in [-0.2, -0.15) is 0 Å². The molecule has 0 saturated carbocycles. The van der Waals surface area contributed by atoms with Crippen molar-refractivity contribution >= 4 is 5.78 Å². The van der Waals surface area contributed by atoms with E-state index in [-0.39, 0.29) is 11.8 Å². The molecule has 3 nitrogen and oxygen atoms in total. The molecule has 0 radical (unpaired) electrons. The fourth-order valence-corrected chi connectivity index (χ4v) is 1.41. The molecule has 1 atom stereocenters. The molecule has 1 aromatic heterocycles. The lowest BCUT2D eigenvalue weighted by Crippen LogP contribution is -2.34. The number of Topliss-reactive ketones (excluding diaryl/α,β-unsaturated/α-hetero) is 1. The van der Waals surface area contributed by atoms with Crippen molar-refractivity contribution < 1.29 is 9.21 Å². The number of ketones is 1. The molecular weight excluding hydrogens is 166 g/mol. The molecule has 0 aliphatic carbocycles. The van der Waals surface area contributed by atoms with Crippen molar-refractivity contribution in [3.05, 3.63) is 36.4 Å². The van der Waals surface area contributed by atoms with Gasteiger partial charge in [0.1, 0.15) is 0 Å². The molecule has 2 heterocycles. The standard InChI is InChI=1S/C10H11NO2/c12-10(9-5-3-7-13-9)8-4-1-2-6-11-8/h2-3,5-8,11H,1,4H2. The van der Waals surface area contributed by atoms with Crippen LogP contribution < -0.4 is 5.32 Å². The molecular formula is C10H11NO2. The van der Waals surface area contributed by atoms with E-state index in [1.54, 1.807) is 12.1 Å². The normalized spacial score (nSPS) is 21.1. The topological polar surface area (TPSA) is 42.2 Å². The lowest BCUT2D eigenvalue weighted by Gasteiger charge is -2.17. The van der Waals surface area contributed by atoms with Gasteiger partial charge in [-0.05, 0) is 31.2 Å². The van der Waals surface area contributed by atoms with Gasteiger partial charge in [0.05, 0.1) is 12.3 Å². The Balaban J connectivity index is 2.09. The van der Waals surface area contributed by atoms with E-state index in [0.29, 0.717) is 5.76 Å². The molecule has 13 heavy (non-hydrogen) atoms. The van der Waals surface area contributed by atoms with E-state index in [9.17, 15) is 4.79 Å². The molecule has 0 spiro atoms. The van der Waals surface area contributed by atoms with Gasteiger partial charge in [0.15, 0.2) is 5.76 Å². The molecule has 0 fully saturated rings. The second-order valence-electron chi connectivity index (χ2n) is 3.04. The maximum atomic E-state index is 11.7. The van der Waals surface area contributed by atoms with Crippen molar-refractivity contribution in [3.63, 3.8) is 0 Å². The SMILES string of the molecule is O=C(c1ccco1)C1CCC=CN1. The summed E-state index contributed by atoms with van der Waals surface area (Å²) in [5.41, 5.74) is 0. The van der Waals surface area contributed by atoms with Gasteiger partial charge in [0.2, 0.25) is 5.78 Å². The van der Waals surface area contributed by atoms with E-state index in [4.69, 9.17) is 4.42 Å². The number of furan rings is 1. The second-order valence-corrected chi connectivity index (χ2v) is 3.04. The third-order valence-electron chi connectivity index (χ3n) is 2.12. The third kappa shape index (κ3) is 1.64. The van der Waals surface area contributed by atoms with Gasteiger partial charge < -0.3 is 9.73 Å². The van der Waals surface area contributed by atoms with E-state index in [0.717, 1.165) is 12.8 Å². The largest absolute Gasteiger partial charge is 0.461 e.